The van der Waals surface area contributed by atoms with E-state index < -0.39 is 0 Å². The van der Waals surface area contributed by atoms with Crippen molar-refractivity contribution < 1.29 is 0 Å². The quantitative estimate of drug-likeness (QED) is 0.460. The van der Waals surface area contributed by atoms with Gasteiger partial charge < -0.3 is 11.1 Å². The molecule has 3 nitrogen and oxygen atoms in total. The van der Waals surface area contributed by atoms with Gasteiger partial charge in [-0.15, -0.1) is 35.3 Å². The minimum atomic E-state index is 0. The van der Waals surface area contributed by atoms with Gasteiger partial charge in [0.25, 0.3) is 0 Å². The van der Waals surface area contributed by atoms with Gasteiger partial charge in [0.05, 0.1) is 6.54 Å². The second-order valence-corrected chi connectivity index (χ2v) is 6.09. The SMILES string of the molecule is Cc1cc(C)cc(NC(N)=NCc2ccc(C)s2)c1.I. The van der Waals surface area contributed by atoms with Crippen LogP contribution in [-0.2, 0) is 6.54 Å². The van der Waals surface area contributed by atoms with Crippen LogP contribution in [0.3, 0.4) is 0 Å². The van der Waals surface area contributed by atoms with Crippen LogP contribution in [0.5, 0.6) is 0 Å². The van der Waals surface area contributed by atoms with Crippen molar-refractivity contribution in [2.24, 2.45) is 10.7 Å². The van der Waals surface area contributed by atoms with Gasteiger partial charge in [-0.2, -0.15) is 0 Å². The molecule has 1 aromatic heterocycles. The molecular formula is C15H20IN3S. The molecule has 0 aliphatic carbocycles. The first-order valence-electron chi connectivity index (χ1n) is 6.23. The van der Waals surface area contributed by atoms with Crippen LogP contribution in [0.1, 0.15) is 20.9 Å². The Balaban J connectivity index is 0.00000200. The van der Waals surface area contributed by atoms with E-state index in [9.17, 15) is 0 Å². The second-order valence-electron chi connectivity index (χ2n) is 4.72. The zero-order valence-electron chi connectivity index (χ0n) is 11.9. The molecule has 0 fully saturated rings. The summed E-state index contributed by atoms with van der Waals surface area (Å²) in [7, 11) is 0. The van der Waals surface area contributed by atoms with Crippen LogP contribution in [0, 0.1) is 20.8 Å². The number of nitrogens with zero attached hydrogens (tertiary/aromatic N) is 1. The summed E-state index contributed by atoms with van der Waals surface area (Å²) >= 11 is 1.75. The van der Waals surface area contributed by atoms with Crippen molar-refractivity contribution in [1.29, 1.82) is 0 Å². The van der Waals surface area contributed by atoms with Gasteiger partial charge in [-0.3, -0.25) is 0 Å². The molecule has 0 aliphatic heterocycles. The molecule has 0 saturated heterocycles. The molecule has 0 bridgehead atoms. The summed E-state index contributed by atoms with van der Waals surface area (Å²) < 4.78 is 0. The Labute approximate surface area is 141 Å². The molecule has 0 atom stereocenters. The smallest absolute Gasteiger partial charge is 0.193 e. The number of thiophene rings is 1. The van der Waals surface area contributed by atoms with Gasteiger partial charge in [-0.1, -0.05) is 6.07 Å². The lowest BCUT2D eigenvalue weighted by atomic mass is 10.1. The van der Waals surface area contributed by atoms with Crippen molar-refractivity contribution in [2.45, 2.75) is 27.3 Å². The van der Waals surface area contributed by atoms with Gasteiger partial charge in [-0.25, -0.2) is 4.99 Å². The van der Waals surface area contributed by atoms with E-state index in [-0.39, 0.29) is 24.0 Å². The van der Waals surface area contributed by atoms with Gasteiger partial charge in [0.1, 0.15) is 0 Å². The van der Waals surface area contributed by atoms with E-state index in [4.69, 9.17) is 5.73 Å². The fraction of sp³-hybridized carbons (Fsp3) is 0.267. The number of aliphatic imine (C=N–C) groups is 1. The molecule has 0 spiro atoms. The standard InChI is InChI=1S/C15H19N3S.HI/c1-10-6-11(2)8-13(7-10)18-15(16)17-9-14-5-4-12(3)19-14;/h4-8H,9H2,1-3H3,(H3,16,17,18);1H. The Morgan fingerprint density at radius 1 is 1.15 bits per heavy atom. The summed E-state index contributed by atoms with van der Waals surface area (Å²) in [5.41, 5.74) is 9.32. The molecule has 2 aromatic rings. The molecule has 0 unspecified atom stereocenters. The number of anilines is 1. The Morgan fingerprint density at radius 2 is 1.80 bits per heavy atom. The van der Waals surface area contributed by atoms with Crippen molar-refractivity contribution in [3.05, 3.63) is 51.2 Å². The van der Waals surface area contributed by atoms with E-state index in [1.807, 2.05) is 0 Å². The summed E-state index contributed by atoms with van der Waals surface area (Å²) in [6.07, 6.45) is 0. The van der Waals surface area contributed by atoms with Gasteiger partial charge in [0, 0.05) is 15.4 Å². The number of halogens is 1. The summed E-state index contributed by atoms with van der Waals surface area (Å²) in [5, 5.41) is 3.13. The highest BCUT2D eigenvalue weighted by Gasteiger charge is 1.99. The number of benzene rings is 1. The van der Waals surface area contributed by atoms with Gasteiger partial charge in [0.15, 0.2) is 5.96 Å². The van der Waals surface area contributed by atoms with Crippen LogP contribution in [-0.4, -0.2) is 5.96 Å². The average molecular weight is 401 g/mol. The highest BCUT2D eigenvalue weighted by molar-refractivity contribution is 14.0. The molecule has 3 N–H and O–H groups in total. The number of guanidine groups is 1. The number of nitrogens with one attached hydrogen (secondary N) is 1. The fourth-order valence-corrected chi connectivity index (χ4v) is 2.78. The van der Waals surface area contributed by atoms with Gasteiger partial charge >= 0.3 is 0 Å². The maximum absolute atomic E-state index is 5.90. The van der Waals surface area contributed by atoms with Crippen LogP contribution < -0.4 is 11.1 Å². The fourth-order valence-electron chi connectivity index (χ4n) is 1.97. The van der Waals surface area contributed by atoms with E-state index in [2.05, 4.69) is 61.4 Å². The lowest BCUT2D eigenvalue weighted by Gasteiger charge is -2.07. The normalized spacial score (nSPS) is 11.1. The van der Waals surface area contributed by atoms with Crippen LogP contribution >= 0.6 is 35.3 Å². The van der Waals surface area contributed by atoms with Crippen molar-refractivity contribution >= 4 is 47.0 Å². The Kier molecular flexibility index (Phi) is 6.48. The van der Waals surface area contributed by atoms with E-state index in [1.54, 1.807) is 11.3 Å². The first-order valence-corrected chi connectivity index (χ1v) is 7.05. The van der Waals surface area contributed by atoms with Crippen LogP contribution in [0.25, 0.3) is 0 Å². The summed E-state index contributed by atoms with van der Waals surface area (Å²) in [6, 6.07) is 10.4. The average Bonchev–Trinajstić information content (AvgIpc) is 2.71. The summed E-state index contributed by atoms with van der Waals surface area (Å²) in [4.78, 5) is 6.88. The first kappa shape index (κ1) is 17.0. The third kappa shape index (κ3) is 5.13. The molecule has 1 aromatic carbocycles. The van der Waals surface area contributed by atoms with Crippen molar-refractivity contribution in [3.8, 4) is 0 Å². The molecule has 20 heavy (non-hydrogen) atoms. The van der Waals surface area contributed by atoms with Crippen molar-refractivity contribution in [1.82, 2.24) is 0 Å². The minimum absolute atomic E-state index is 0. The topological polar surface area (TPSA) is 50.4 Å². The lowest BCUT2D eigenvalue weighted by molar-refractivity contribution is 1.09. The number of nitrogens with two attached hydrogens (primary N) is 1. The molecule has 0 aliphatic rings. The van der Waals surface area contributed by atoms with Crippen LogP contribution in [0.15, 0.2) is 35.3 Å². The number of aryl methyl sites for hydroxylation is 3. The molecule has 0 radical (unpaired) electrons. The van der Waals surface area contributed by atoms with E-state index in [0.29, 0.717) is 12.5 Å². The van der Waals surface area contributed by atoms with E-state index in [1.165, 1.54) is 20.9 Å². The van der Waals surface area contributed by atoms with Gasteiger partial charge in [-0.05, 0) is 56.2 Å². The van der Waals surface area contributed by atoms with Crippen molar-refractivity contribution in [2.75, 3.05) is 5.32 Å². The third-order valence-electron chi connectivity index (χ3n) is 2.70. The van der Waals surface area contributed by atoms with E-state index >= 15 is 0 Å². The number of hydrogen-bond acceptors (Lipinski definition) is 2. The highest BCUT2D eigenvalue weighted by Crippen LogP contribution is 2.16. The zero-order valence-corrected chi connectivity index (χ0v) is 15.1. The first-order chi connectivity index (χ1) is 9.02. The maximum atomic E-state index is 5.90. The van der Waals surface area contributed by atoms with Crippen LogP contribution in [0.2, 0.25) is 0 Å². The van der Waals surface area contributed by atoms with Crippen LogP contribution in [0.4, 0.5) is 5.69 Å². The zero-order chi connectivity index (χ0) is 13.8. The minimum Gasteiger partial charge on any atom is -0.370 e. The van der Waals surface area contributed by atoms with Crippen molar-refractivity contribution in [3.63, 3.8) is 0 Å². The number of hydrogen-bond donors (Lipinski definition) is 2. The highest BCUT2D eigenvalue weighted by atomic mass is 127. The van der Waals surface area contributed by atoms with E-state index in [0.717, 1.165) is 5.69 Å². The maximum Gasteiger partial charge on any atom is 0.193 e. The summed E-state index contributed by atoms with van der Waals surface area (Å²) in [5.74, 6) is 0.455. The molecular weight excluding hydrogens is 381 g/mol. The molecule has 5 heteroatoms. The Morgan fingerprint density at radius 3 is 2.35 bits per heavy atom. The summed E-state index contributed by atoms with van der Waals surface area (Å²) in [6.45, 7) is 6.86. The monoisotopic (exact) mass is 401 g/mol. The number of rotatable bonds is 3. The largest absolute Gasteiger partial charge is 0.370 e. The Hall–Kier alpha value is -1.08. The molecule has 0 amide bonds. The molecule has 108 valence electrons. The second kappa shape index (κ2) is 7.64. The third-order valence-corrected chi connectivity index (χ3v) is 3.68. The lowest BCUT2D eigenvalue weighted by Crippen LogP contribution is -2.22. The van der Waals surface area contributed by atoms with Gasteiger partial charge in [0.2, 0.25) is 0 Å². The molecule has 2 rings (SSSR count). The predicted molar refractivity (Wildman–Crippen MR) is 99.3 cm³/mol. The molecule has 1 heterocycles. The Bertz CT molecular complexity index is 585. The predicted octanol–water partition coefficient (Wildman–Crippen LogP) is 4.22. The molecule has 0 saturated carbocycles.